The maximum atomic E-state index is 13.7. The third-order valence-corrected chi connectivity index (χ3v) is 16.3. The number of nitrogens with zero attached hydrogens (tertiary/aromatic N) is 3. The highest BCUT2D eigenvalue weighted by molar-refractivity contribution is 6.12. The number of carbonyl (C=O) groups excluding carboxylic acids is 10. The van der Waals surface area contributed by atoms with Gasteiger partial charge in [0.25, 0.3) is 11.8 Å². The van der Waals surface area contributed by atoms with Crippen LogP contribution in [0.15, 0.2) is 72.4 Å². The largest absolute Gasteiger partial charge is 0.458 e. The van der Waals surface area contributed by atoms with Gasteiger partial charge in [-0.05, 0) is 99.5 Å². The molecule has 25 heteroatoms. The maximum absolute atomic E-state index is 13.7. The lowest BCUT2D eigenvalue weighted by atomic mass is 9.91. The summed E-state index contributed by atoms with van der Waals surface area (Å²) in [5, 5.41) is 32.0. The molecule has 0 spiro atoms. The van der Waals surface area contributed by atoms with Crippen molar-refractivity contribution in [2.45, 2.75) is 181 Å². The number of urea groups is 1. The lowest BCUT2D eigenvalue weighted by Gasteiger charge is -2.34. The van der Waals surface area contributed by atoms with E-state index >= 15 is 0 Å². The van der Waals surface area contributed by atoms with E-state index in [9.17, 15) is 58.2 Å². The predicted octanol–water partition coefficient (Wildman–Crippen LogP) is 5.48. The number of ether oxygens (including phenoxy) is 5. The zero-order chi connectivity index (χ0) is 65.3. The molecule has 4 heterocycles. The number of anilines is 1. The first-order valence-corrected chi connectivity index (χ1v) is 31.1. The van der Waals surface area contributed by atoms with Gasteiger partial charge in [0.15, 0.2) is 0 Å². The van der Waals surface area contributed by atoms with Gasteiger partial charge in [-0.3, -0.25) is 38.5 Å². The number of rotatable bonds is 29. The zero-order valence-electron chi connectivity index (χ0n) is 52.7. The number of benzene rings is 1. The molecule has 0 aliphatic carbocycles. The summed E-state index contributed by atoms with van der Waals surface area (Å²) in [6.07, 6.45) is 11.1. The Morgan fingerprint density at radius 1 is 0.843 bits per heavy atom. The third kappa shape index (κ3) is 24.3. The number of cyclic esters (lactones) is 1. The minimum atomic E-state index is -1.09. The molecule has 4 aliphatic heterocycles. The van der Waals surface area contributed by atoms with Crippen molar-refractivity contribution in [3.05, 3.63) is 77.9 Å². The number of hydrogen-bond donors (Lipinski definition) is 7. The number of aliphatic hydroxyl groups is 2. The number of nitrogens with one attached hydrogen (secondary N) is 4. The second-order valence-corrected chi connectivity index (χ2v) is 24.0. The van der Waals surface area contributed by atoms with E-state index in [0.29, 0.717) is 36.9 Å². The molecule has 0 aromatic heterocycles. The fraction of sp³-hybridized carbons (Fsp3) is 0.625. The van der Waals surface area contributed by atoms with Crippen LogP contribution in [0.1, 0.15) is 132 Å². The third-order valence-electron chi connectivity index (χ3n) is 16.3. The van der Waals surface area contributed by atoms with Crippen molar-refractivity contribution in [2.24, 2.45) is 35.3 Å². The van der Waals surface area contributed by atoms with Crippen LogP contribution < -0.4 is 27.0 Å². The van der Waals surface area contributed by atoms with Crippen molar-refractivity contribution in [1.82, 2.24) is 30.7 Å². The molecule has 492 valence electrons. The normalized spacial score (nSPS) is 23.6. The van der Waals surface area contributed by atoms with Gasteiger partial charge >= 0.3 is 30.2 Å². The van der Waals surface area contributed by atoms with E-state index in [1.807, 2.05) is 39.8 Å². The van der Waals surface area contributed by atoms with Gasteiger partial charge < -0.3 is 70.7 Å². The Bertz CT molecular complexity index is 2690. The second kappa shape index (κ2) is 36.1. The fourth-order valence-electron chi connectivity index (χ4n) is 10.8. The number of esters is 2. The zero-order valence-corrected chi connectivity index (χ0v) is 52.7. The van der Waals surface area contributed by atoms with Gasteiger partial charge in [0.05, 0.1) is 37.4 Å². The molecule has 0 unspecified atom stereocenters. The lowest BCUT2D eigenvalue weighted by molar-refractivity contribution is -0.151. The molecule has 8 N–H and O–H groups in total. The molecule has 9 amide bonds. The highest BCUT2D eigenvalue weighted by Crippen LogP contribution is 2.36. The summed E-state index contributed by atoms with van der Waals surface area (Å²) >= 11 is 0. The van der Waals surface area contributed by atoms with Gasteiger partial charge in [-0.15, -0.1) is 0 Å². The van der Waals surface area contributed by atoms with Crippen LogP contribution in [0.3, 0.4) is 0 Å². The van der Waals surface area contributed by atoms with E-state index in [2.05, 4.69) is 34.3 Å². The average Bonchev–Trinajstić information content (AvgIpc) is 3.65. The lowest BCUT2D eigenvalue weighted by Crippen LogP contribution is -2.54. The number of hydrogen-bond acceptors (Lipinski definition) is 17. The minimum Gasteiger partial charge on any atom is -0.458 e. The van der Waals surface area contributed by atoms with Gasteiger partial charge in [0.1, 0.15) is 30.9 Å². The summed E-state index contributed by atoms with van der Waals surface area (Å²) in [6.45, 7) is 15.1. The standard InChI is InChI=1S/C64H94N8O17/c1-9-50(75)43(7)59-52(88-59)35-40(4)15-13-16-41(5)58-42(6)19-26-51(87-44(8)73)46(22-25-48(74)36-56(79)89-58)38-86-64(84)71-33-31-70(32-34-71)63(83)85-37-45-20-23-47(24-21-45)67-60(80)49(17-14-29-66-62(65)82)68-61(81)57(39(2)3)69-53(76)18-11-10-12-30-72-54(77)27-28-55(72)78/h13,15-16,19-21,23-24,26-28,39-40,42-43,46,48-52,57-59,74-75H,9-12,14,17-18,22,25,29-38H2,1-8H3,(H,67,80)(H,68,81)(H,69,76)(H3,65,66,82)/b15-13+,26-19+,41-16+/t40-,42+,43-,46-,48-,49+,50+,51+,52-,57+,58-,59-/m1/s1. The molecule has 2 saturated heterocycles. The highest BCUT2D eigenvalue weighted by atomic mass is 16.6. The quantitative estimate of drug-likeness (QED) is 0.00993. The molecule has 25 nitrogen and oxygen atoms in total. The number of imide groups is 1. The SMILES string of the molecule is CC[C@H](O)[C@@H](C)[C@H]1O[C@@H]1C[C@H](C)/C=C/C=C(\C)[C@H]1OC(=O)C[C@H](O)CC[C@H](COC(=O)N2CCN(C(=O)OCc3ccc(NC(=O)[C@H](CCCNC(N)=O)NC(=O)[C@@H](NC(=O)CCCCCN4C(=O)C=CC4=O)C(C)C)cc3)CC2)[C@@H](OC(C)=O)/C=C/[C@@H]1C. The number of unbranched alkanes of at least 4 members (excludes halogenated alkanes) is 2. The van der Waals surface area contributed by atoms with E-state index in [0.717, 1.165) is 16.9 Å². The Morgan fingerprint density at radius 2 is 1.51 bits per heavy atom. The number of amides is 9. The molecule has 1 aromatic carbocycles. The summed E-state index contributed by atoms with van der Waals surface area (Å²) in [7, 11) is 0. The molecule has 4 aliphatic rings. The van der Waals surface area contributed by atoms with Gasteiger partial charge in [-0.1, -0.05) is 84.4 Å². The number of primary amides is 1. The molecule has 1 aromatic rings. The topological polar surface area (TPSA) is 344 Å². The van der Waals surface area contributed by atoms with Crippen molar-refractivity contribution in [1.29, 1.82) is 0 Å². The van der Waals surface area contributed by atoms with Crippen LogP contribution in [-0.4, -0.2) is 179 Å². The first-order chi connectivity index (χ1) is 42.3. The molecule has 12 atom stereocenters. The van der Waals surface area contributed by atoms with Gasteiger partial charge in [0, 0.05) is 88.2 Å². The number of nitrogens with two attached hydrogens (primary N) is 1. The van der Waals surface area contributed by atoms with Crippen LogP contribution in [0.25, 0.3) is 0 Å². The number of epoxide rings is 1. The number of aliphatic hydroxyl groups excluding tert-OH is 2. The fourth-order valence-corrected chi connectivity index (χ4v) is 10.8. The summed E-state index contributed by atoms with van der Waals surface area (Å²) in [4.78, 5) is 132. The molecule has 5 rings (SSSR count). The van der Waals surface area contributed by atoms with E-state index in [1.54, 1.807) is 50.3 Å². The van der Waals surface area contributed by atoms with Crippen molar-refractivity contribution in [2.75, 3.05) is 51.2 Å². The van der Waals surface area contributed by atoms with Crippen molar-refractivity contribution < 1.29 is 81.8 Å². The van der Waals surface area contributed by atoms with E-state index in [1.165, 1.54) is 28.9 Å². The summed E-state index contributed by atoms with van der Waals surface area (Å²) in [5.74, 6) is -4.53. The molecule has 0 radical (unpaired) electrons. The summed E-state index contributed by atoms with van der Waals surface area (Å²) in [6, 6.07) is 3.67. The highest BCUT2D eigenvalue weighted by Gasteiger charge is 2.45. The molecule has 2 fully saturated rings. The smallest absolute Gasteiger partial charge is 0.410 e. The Morgan fingerprint density at radius 3 is 2.13 bits per heavy atom. The summed E-state index contributed by atoms with van der Waals surface area (Å²) < 4.78 is 29.0. The van der Waals surface area contributed by atoms with Crippen molar-refractivity contribution in [3.63, 3.8) is 0 Å². The minimum absolute atomic E-state index is 0.0385. The van der Waals surface area contributed by atoms with Crippen LogP contribution in [0.2, 0.25) is 0 Å². The number of allylic oxidation sites excluding steroid dienone is 3. The van der Waals surface area contributed by atoms with Crippen LogP contribution in [-0.2, 0) is 63.9 Å². The van der Waals surface area contributed by atoms with Crippen LogP contribution >= 0.6 is 0 Å². The monoisotopic (exact) mass is 1250 g/mol. The first kappa shape index (κ1) is 72.1. The molecule has 0 saturated carbocycles. The van der Waals surface area contributed by atoms with E-state index < -0.39 is 90.3 Å². The number of carbonyl (C=O) groups is 10. The Hall–Kier alpha value is -7.64. The van der Waals surface area contributed by atoms with Crippen molar-refractivity contribution in [3.8, 4) is 0 Å². The summed E-state index contributed by atoms with van der Waals surface area (Å²) in [5.41, 5.74) is 6.93. The Labute approximate surface area is 521 Å². The Balaban J connectivity index is 1.09. The molecule has 89 heavy (non-hydrogen) atoms. The van der Waals surface area contributed by atoms with Crippen LogP contribution in [0, 0.1) is 29.6 Å². The second-order valence-electron chi connectivity index (χ2n) is 24.0. The van der Waals surface area contributed by atoms with Crippen LogP contribution in [0.4, 0.5) is 20.1 Å². The Kier molecular flexibility index (Phi) is 29.3. The van der Waals surface area contributed by atoms with Gasteiger partial charge in [-0.25, -0.2) is 14.4 Å². The van der Waals surface area contributed by atoms with Crippen molar-refractivity contribution >= 4 is 65.4 Å². The predicted molar refractivity (Wildman–Crippen MR) is 327 cm³/mol. The average molecular weight is 1250 g/mol. The van der Waals surface area contributed by atoms with Gasteiger partial charge in [0.2, 0.25) is 17.7 Å². The van der Waals surface area contributed by atoms with E-state index in [4.69, 9.17) is 29.4 Å². The first-order valence-electron chi connectivity index (χ1n) is 31.1. The number of piperazine rings is 1. The van der Waals surface area contributed by atoms with Gasteiger partial charge in [-0.2, -0.15) is 0 Å². The molecular formula is C64H94N8O17. The molecular weight excluding hydrogens is 1150 g/mol. The van der Waals surface area contributed by atoms with E-state index in [-0.39, 0.29) is 139 Å². The molecule has 0 bridgehead atoms. The van der Waals surface area contributed by atoms with Crippen LogP contribution in [0.5, 0.6) is 0 Å². The maximum Gasteiger partial charge on any atom is 0.410 e.